The predicted molar refractivity (Wildman–Crippen MR) is 64.3 cm³/mol. The van der Waals surface area contributed by atoms with Crippen LogP contribution in [0.1, 0.15) is 31.2 Å². The molecule has 0 fully saturated rings. The molecule has 16 heavy (non-hydrogen) atoms. The van der Waals surface area contributed by atoms with E-state index in [0.29, 0.717) is 5.92 Å². The lowest BCUT2D eigenvalue weighted by Crippen LogP contribution is -2.06. The molecule has 0 bridgehead atoms. The zero-order valence-corrected chi connectivity index (χ0v) is 9.80. The van der Waals surface area contributed by atoms with Gasteiger partial charge in [-0.2, -0.15) is 0 Å². The van der Waals surface area contributed by atoms with Crippen LogP contribution in [0.2, 0.25) is 0 Å². The van der Waals surface area contributed by atoms with Crippen molar-refractivity contribution in [3.8, 4) is 0 Å². The quantitative estimate of drug-likeness (QED) is 0.785. The average Bonchev–Trinajstić information content (AvgIpc) is 2.76. The van der Waals surface area contributed by atoms with E-state index in [-0.39, 0.29) is 0 Å². The Hall–Kier alpha value is -1.64. The smallest absolute Gasteiger partial charge is 0.111 e. The van der Waals surface area contributed by atoms with Gasteiger partial charge in [0.05, 0.1) is 0 Å². The van der Waals surface area contributed by atoms with Crippen LogP contribution in [0.4, 0.5) is 0 Å². The van der Waals surface area contributed by atoms with Crippen molar-refractivity contribution in [2.45, 2.75) is 32.7 Å². The Bertz CT molecular complexity index is 431. The summed E-state index contributed by atoms with van der Waals surface area (Å²) in [4.78, 5) is 8.40. The standard InChI is InChI=1S/C13H17N3/c1-11(2)13-15-8-10-16(13)9-5-12-3-6-14-7-4-12/h3-4,6-8,10-11H,5,9H2,1-2H3. The number of imidazole rings is 1. The predicted octanol–water partition coefficient (Wildman–Crippen LogP) is 2.64. The second-order valence-corrected chi connectivity index (χ2v) is 4.24. The van der Waals surface area contributed by atoms with Crippen LogP contribution < -0.4 is 0 Å². The third kappa shape index (κ3) is 2.48. The maximum atomic E-state index is 4.38. The van der Waals surface area contributed by atoms with E-state index in [2.05, 4.69) is 46.7 Å². The molecule has 0 atom stereocenters. The molecule has 2 aromatic rings. The first-order chi connectivity index (χ1) is 7.77. The minimum Gasteiger partial charge on any atom is -0.334 e. The van der Waals surface area contributed by atoms with Crippen LogP contribution in [0.3, 0.4) is 0 Å². The number of aromatic nitrogens is 3. The molecule has 0 saturated heterocycles. The third-order valence-corrected chi connectivity index (χ3v) is 2.65. The fourth-order valence-corrected chi connectivity index (χ4v) is 1.81. The lowest BCUT2D eigenvalue weighted by atomic mass is 10.2. The van der Waals surface area contributed by atoms with Gasteiger partial charge >= 0.3 is 0 Å². The fourth-order valence-electron chi connectivity index (χ4n) is 1.81. The Morgan fingerprint density at radius 1 is 1.19 bits per heavy atom. The van der Waals surface area contributed by atoms with E-state index in [1.807, 2.05) is 18.6 Å². The Balaban J connectivity index is 2.02. The van der Waals surface area contributed by atoms with Crippen molar-refractivity contribution in [1.29, 1.82) is 0 Å². The molecule has 0 aliphatic carbocycles. The number of hydrogen-bond acceptors (Lipinski definition) is 2. The van der Waals surface area contributed by atoms with Gasteiger partial charge in [-0.05, 0) is 24.1 Å². The summed E-state index contributed by atoms with van der Waals surface area (Å²) in [5, 5.41) is 0. The van der Waals surface area contributed by atoms with Gasteiger partial charge in [-0.1, -0.05) is 13.8 Å². The molecule has 0 spiro atoms. The Morgan fingerprint density at radius 3 is 2.62 bits per heavy atom. The molecule has 0 saturated carbocycles. The van der Waals surface area contributed by atoms with Crippen LogP contribution >= 0.6 is 0 Å². The molecule has 0 amide bonds. The van der Waals surface area contributed by atoms with Gasteiger partial charge in [0, 0.05) is 37.3 Å². The maximum Gasteiger partial charge on any atom is 0.111 e. The molecule has 0 N–H and O–H groups in total. The van der Waals surface area contributed by atoms with Crippen LogP contribution in [-0.2, 0) is 13.0 Å². The van der Waals surface area contributed by atoms with Gasteiger partial charge in [0.1, 0.15) is 5.82 Å². The Labute approximate surface area is 96.2 Å². The highest BCUT2D eigenvalue weighted by Crippen LogP contribution is 2.12. The molecule has 0 aliphatic heterocycles. The van der Waals surface area contributed by atoms with Crippen molar-refractivity contribution in [2.75, 3.05) is 0 Å². The first kappa shape index (κ1) is 10.9. The summed E-state index contributed by atoms with van der Waals surface area (Å²) < 4.78 is 2.23. The molecule has 3 nitrogen and oxygen atoms in total. The summed E-state index contributed by atoms with van der Waals surface area (Å²) in [6.45, 7) is 5.33. The second-order valence-electron chi connectivity index (χ2n) is 4.24. The van der Waals surface area contributed by atoms with Crippen LogP contribution in [-0.4, -0.2) is 14.5 Å². The van der Waals surface area contributed by atoms with E-state index in [1.54, 1.807) is 0 Å². The second kappa shape index (κ2) is 4.92. The summed E-state index contributed by atoms with van der Waals surface area (Å²) in [7, 11) is 0. The zero-order valence-electron chi connectivity index (χ0n) is 9.80. The number of nitrogens with zero attached hydrogens (tertiary/aromatic N) is 3. The lowest BCUT2D eigenvalue weighted by Gasteiger charge is -2.09. The number of aryl methyl sites for hydroxylation is 2. The molecule has 0 aliphatic rings. The maximum absolute atomic E-state index is 4.38. The van der Waals surface area contributed by atoms with Crippen LogP contribution in [0.15, 0.2) is 36.9 Å². The molecule has 2 rings (SSSR count). The number of hydrogen-bond donors (Lipinski definition) is 0. The molecule has 0 radical (unpaired) electrons. The van der Waals surface area contributed by atoms with Gasteiger partial charge in [0.25, 0.3) is 0 Å². The minimum absolute atomic E-state index is 0.479. The van der Waals surface area contributed by atoms with Crippen molar-refractivity contribution in [1.82, 2.24) is 14.5 Å². The van der Waals surface area contributed by atoms with Crippen molar-refractivity contribution >= 4 is 0 Å². The lowest BCUT2D eigenvalue weighted by molar-refractivity contribution is 0.619. The van der Waals surface area contributed by atoms with Gasteiger partial charge in [-0.25, -0.2) is 4.98 Å². The Morgan fingerprint density at radius 2 is 1.94 bits per heavy atom. The van der Waals surface area contributed by atoms with Gasteiger partial charge in [-0.3, -0.25) is 4.98 Å². The fraction of sp³-hybridized carbons (Fsp3) is 0.385. The van der Waals surface area contributed by atoms with Crippen LogP contribution in [0.5, 0.6) is 0 Å². The SMILES string of the molecule is CC(C)c1nccn1CCc1ccncc1. The molecular weight excluding hydrogens is 198 g/mol. The number of pyridine rings is 1. The third-order valence-electron chi connectivity index (χ3n) is 2.65. The zero-order chi connectivity index (χ0) is 11.4. The summed E-state index contributed by atoms with van der Waals surface area (Å²) in [5.74, 6) is 1.64. The first-order valence-corrected chi connectivity index (χ1v) is 5.67. The van der Waals surface area contributed by atoms with Crippen molar-refractivity contribution in [3.05, 3.63) is 48.3 Å². The molecule has 0 aromatic carbocycles. The normalized spacial score (nSPS) is 10.9. The van der Waals surface area contributed by atoms with Crippen LogP contribution in [0.25, 0.3) is 0 Å². The first-order valence-electron chi connectivity index (χ1n) is 5.67. The highest BCUT2D eigenvalue weighted by molar-refractivity contribution is 5.10. The van der Waals surface area contributed by atoms with Gasteiger partial charge in [0.2, 0.25) is 0 Å². The van der Waals surface area contributed by atoms with Gasteiger partial charge in [0.15, 0.2) is 0 Å². The summed E-state index contributed by atoms with van der Waals surface area (Å²) >= 11 is 0. The molecular formula is C13H17N3. The van der Waals surface area contributed by atoms with Crippen molar-refractivity contribution in [3.63, 3.8) is 0 Å². The average molecular weight is 215 g/mol. The summed E-state index contributed by atoms with van der Waals surface area (Å²) in [6, 6.07) is 4.12. The van der Waals surface area contributed by atoms with E-state index >= 15 is 0 Å². The van der Waals surface area contributed by atoms with E-state index < -0.39 is 0 Å². The highest BCUT2D eigenvalue weighted by Gasteiger charge is 2.06. The minimum atomic E-state index is 0.479. The molecule has 84 valence electrons. The molecule has 2 heterocycles. The summed E-state index contributed by atoms with van der Waals surface area (Å²) in [5.41, 5.74) is 1.32. The van der Waals surface area contributed by atoms with E-state index in [1.165, 1.54) is 5.56 Å². The largest absolute Gasteiger partial charge is 0.334 e. The molecule has 0 unspecified atom stereocenters. The number of rotatable bonds is 4. The van der Waals surface area contributed by atoms with Crippen LogP contribution in [0, 0.1) is 0 Å². The van der Waals surface area contributed by atoms with Gasteiger partial charge in [-0.15, -0.1) is 0 Å². The molecule has 3 heteroatoms. The Kier molecular flexibility index (Phi) is 3.34. The monoisotopic (exact) mass is 215 g/mol. The van der Waals surface area contributed by atoms with E-state index in [0.717, 1.165) is 18.8 Å². The van der Waals surface area contributed by atoms with E-state index in [4.69, 9.17) is 0 Å². The topological polar surface area (TPSA) is 30.7 Å². The highest BCUT2D eigenvalue weighted by atomic mass is 15.1. The van der Waals surface area contributed by atoms with Crippen molar-refractivity contribution < 1.29 is 0 Å². The van der Waals surface area contributed by atoms with Gasteiger partial charge < -0.3 is 4.57 Å². The molecule has 2 aromatic heterocycles. The van der Waals surface area contributed by atoms with Crippen molar-refractivity contribution in [2.24, 2.45) is 0 Å². The van der Waals surface area contributed by atoms with E-state index in [9.17, 15) is 0 Å². The summed E-state index contributed by atoms with van der Waals surface area (Å²) in [6.07, 6.45) is 8.64.